The molecule has 8 aromatic rings. The van der Waals surface area contributed by atoms with Gasteiger partial charge in [0.1, 0.15) is 0 Å². The molecule has 0 saturated carbocycles. The number of hydrogen-bond acceptors (Lipinski definition) is 4. The van der Waals surface area contributed by atoms with E-state index in [0.29, 0.717) is 17.5 Å². The van der Waals surface area contributed by atoms with Crippen LogP contribution in [0.4, 0.5) is 0 Å². The Morgan fingerprint density at radius 2 is 0.927 bits per heavy atom. The maximum atomic E-state index is 4.93. The second kappa shape index (κ2) is 9.77. The van der Waals surface area contributed by atoms with Gasteiger partial charge in [-0.1, -0.05) is 115 Å². The lowest BCUT2D eigenvalue weighted by Crippen LogP contribution is -2.00. The highest BCUT2D eigenvalue weighted by Crippen LogP contribution is 2.40. The Bertz CT molecular complexity index is 2140. The van der Waals surface area contributed by atoms with Gasteiger partial charge in [-0.2, -0.15) is 0 Å². The van der Waals surface area contributed by atoms with Gasteiger partial charge in [0, 0.05) is 36.9 Å². The molecule has 0 radical (unpaired) electrons. The molecular formula is C37H23N3S. The molecule has 0 spiro atoms. The fourth-order valence-electron chi connectivity index (χ4n) is 5.50. The Morgan fingerprint density at radius 1 is 0.366 bits per heavy atom. The highest BCUT2D eigenvalue weighted by molar-refractivity contribution is 7.26. The van der Waals surface area contributed by atoms with E-state index in [0.717, 1.165) is 22.3 Å². The number of benzene rings is 6. The van der Waals surface area contributed by atoms with Crippen molar-refractivity contribution in [3.05, 3.63) is 140 Å². The zero-order valence-electron chi connectivity index (χ0n) is 22.0. The molecule has 0 atom stereocenters. The molecule has 0 N–H and O–H groups in total. The van der Waals surface area contributed by atoms with Crippen LogP contribution in [0.3, 0.4) is 0 Å². The summed E-state index contributed by atoms with van der Waals surface area (Å²) in [5, 5.41) is 5.20. The van der Waals surface area contributed by atoms with Crippen molar-refractivity contribution >= 4 is 42.3 Å². The standard InChI is InChI=1S/C37H23N3S/c1-3-11-25(12-4-1)35-38-36(26-13-5-2-6-14-26)40-37(39-35)29-16-9-15-27(22-29)28-19-20-32-31(23-28)34-30-17-8-7-10-24(30)18-21-33(34)41-32/h1-23H. The molecule has 0 unspecified atom stereocenters. The minimum Gasteiger partial charge on any atom is -0.208 e. The van der Waals surface area contributed by atoms with Gasteiger partial charge in [0.25, 0.3) is 0 Å². The molecule has 6 aromatic carbocycles. The molecule has 0 fully saturated rings. The van der Waals surface area contributed by atoms with Gasteiger partial charge in [-0.3, -0.25) is 0 Å². The lowest BCUT2D eigenvalue weighted by Gasteiger charge is -2.10. The first kappa shape index (κ1) is 23.7. The van der Waals surface area contributed by atoms with E-state index in [1.807, 2.05) is 72.0 Å². The second-order valence-electron chi connectivity index (χ2n) is 10.1. The van der Waals surface area contributed by atoms with Gasteiger partial charge in [0.2, 0.25) is 0 Å². The first-order valence-electron chi connectivity index (χ1n) is 13.6. The summed E-state index contributed by atoms with van der Waals surface area (Å²) >= 11 is 1.85. The van der Waals surface area contributed by atoms with Gasteiger partial charge in [-0.25, -0.2) is 15.0 Å². The van der Waals surface area contributed by atoms with E-state index in [4.69, 9.17) is 15.0 Å². The van der Waals surface area contributed by atoms with Crippen LogP contribution >= 0.6 is 11.3 Å². The molecule has 2 heterocycles. The highest BCUT2D eigenvalue weighted by atomic mass is 32.1. The third-order valence-corrected chi connectivity index (χ3v) is 8.65. The number of hydrogen-bond donors (Lipinski definition) is 0. The van der Waals surface area contributed by atoms with E-state index >= 15 is 0 Å². The van der Waals surface area contributed by atoms with E-state index in [1.54, 1.807) is 0 Å². The van der Waals surface area contributed by atoms with Gasteiger partial charge < -0.3 is 0 Å². The quantitative estimate of drug-likeness (QED) is 0.222. The number of rotatable bonds is 4. The Labute approximate surface area is 241 Å². The van der Waals surface area contributed by atoms with Gasteiger partial charge >= 0.3 is 0 Å². The topological polar surface area (TPSA) is 38.7 Å². The van der Waals surface area contributed by atoms with E-state index in [1.165, 1.54) is 36.5 Å². The third-order valence-electron chi connectivity index (χ3n) is 7.51. The predicted octanol–water partition coefficient (Wildman–Crippen LogP) is 10.1. The predicted molar refractivity (Wildman–Crippen MR) is 172 cm³/mol. The Balaban J connectivity index is 1.28. The molecule has 192 valence electrons. The summed E-state index contributed by atoms with van der Waals surface area (Å²) in [4.78, 5) is 14.7. The van der Waals surface area contributed by atoms with Crippen LogP contribution in [0.25, 0.3) is 76.2 Å². The van der Waals surface area contributed by atoms with Crippen molar-refractivity contribution in [2.45, 2.75) is 0 Å². The largest absolute Gasteiger partial charge is 0.208 e. The minimum atomic E-state index is 0.660. The number of fused-ring (bicyclic) bond motifs is 5. The lowest BCUT2D eigenvalue weighted by molar-refractivity contribution is 1.07. The number of thiophene rings is 1. The van der Waals surface area contributed by atoms with Gasteiger partial charge in [0.05, 0.1) is 0 Å². The van der Waals surface area contributed by atoms with Crippen LogP contribution in [0.15, 0.2) is 140 Å². The molecule has 0 aliphatic heterocycles. The van der Waals surface area contributed by atoms with Crippen LogP contribution in [0.1, 0.15) is 0 Å². The van der Waals surface area contributed by atoms with Crippen molar-refractivity contribution < 1.29 is 0 Å². The highest BCUT2D eigenvalue weighted by Gasteiger charge is 2.14. The summed E-state index contributed by atoms with van der Waals surface area (Å²) in [6.45, 7) is 0. The smallest absolute Gasteiger partial charge is 0.164 e. The van der Waals surface area contributed by atoms with E-state index < -0.39 is 0 Å². The Hall–Kier alpha value is -5.19. The van der Waals surface area contributed by atoms with Crippen molar-refractivity contribution in [3.8, 4) is 45.3 Å². The summed E-state index contributed by atoms with van der Waals surface area (Å²) in [5.41, 5.74) is 5.19. The number of aromatic nitrogens is 3. The zero-order valence-corrected chi connectivity index (χ0v) is 22.8. The first-order valence-corrected chi connectivity index (χ1v) is 14.4. The summed E-state index contributed by atoms with van der Waals surface area (Å²) < 4.78 is 2.62. The molecule has 2 aromatic heterocycles. The average molecular weight is 542 g/mol. The lowest BCUT2D eigenvalue weighted by atomic mass is 9.99. The molecule has 0 amide bonds. The monoisotopic (exact) mass is 541 g/mol. The van der Waals surface area contributed by atoms with E-state index in [-0.39, 0.29) is 0 Å². The molecule has 4 heteroatoms. The van der Waals surface area contributed by atoms with Gasteiger partial charge in [0.15, 0.2) is 17.5 Å². The molecule has 41 heavy (non-hydrogen) atoms. The molecule has 0 bridgehead atoms. The molecule has 3 nitrogen and oxygen atoms in total. The maximum absolute atomic E-state index is 4.93. The van der Waals surface area contributed by atoms with E-state index in [9.17, 15) is 0 Å². The van der Waals surface area contributed by atoms with Crippen LogP contribution in [-0.2, 0) is 0 Å². The summed E-state index contributed by atoms with van der Waals surface area (Å²) in [6.07, 6.45) is 0. The summed E-state index contributed by atoms with van der Waals surface area (Å²) in [7, 11) is 0. The average Bonchev–Trinajstić information content (AvgIpc) is 3.44. The van der Waals surface area contributed by atoms with Crippen LogP contribution in [-0.4, -0.2) is 15.0 Å². The van der Waals surface area contributed by atoms with Crippen molar-refractivity contribution in [1.82, 2.24) is 15.0 Å². The van der Waals surface area contributed by atoms with Crippen molar-refractivity contribution in [2.75, 3.05) is 0 Å². The third kappa shape index (κ3) is 4.26. The van der Waals surface area contributed by atoms with Crippen LogP contribution in [0, 0.1) is 0 Å². The van der Waals surface area contributed by atoms with Crippen LogP contribution < -0.4 is 0 Å². The van der Waals surface area contributed by atoms with Crippen LogP contribution in [0.2, 0.25) is 0 Å². The zero-order chi connectivity index (χ0) is 27.2. The fraction of sp³-hybridized carbons (Fsp3) is 0. The van der Waals surface area contributed by atoms with Gasteiger partial charge in [-0.15, -0.1) is 11.3 Å². The normalized spacial score (nSPS) is 11.4. The van der Waals surface area contributed by atoms with Crippen LogP contribution in [0.5, 0.6) is 0 Å². The molecule has 0 aliphatic carbocycles. The fourth-order valence-corrected chi connectivity index (χ4v) is 6.60. The first-order chi connectivity index (χ1) is 20.3. The van der Waals surface area contributed by atoms with Crippen molar-refractivity contribution in [3.63, 3.8) is 0 Å². The number of nitrogens with zero attached hydrogens (tertiary/aromatic N) is 3. The van der Waals surface area contributed by atoms with E-state index in [2.05, 4.69) is 78.9 Å². The van der Waals surface area contributed by atoms with Gasteiger partial charge in [-0.05, 0) is 46.2 Å². The van der Waals surface area contributed by atoms with Crippen molar-refractivity contribution in [2.24, 2.45) is 0 Å². The maximum Gasteiger partial charge on any atom is 0.164 e. The second-order valence-corrected chi connectivity index (χ2v) is 11.2. The molecule has 0 saturated heterocycles. The van der Waals surface area contributed by atoms with Crippen molar-refractivity contribution in [1.29, 1.82) is 0 Å². The molecule has 8 rings (SSSR count). The molecule has 0 aliphatic rings. The molecular weight excluding hydrogens is 518 g/mol. The summed E-state index contributed by atoms with van der Waals surface area (Å²) in [5.74, 6) is 1.99. The summed E-state index contributed by atoms with van der Waals surface area (Å²) in [6, 6.07) is 48.6. The SMILES string of the molecule is c1ccc(-c2nc(-c3ccccc3)nc(-c3cccc(-c4ccc5sc6ccc7ccccc7c6c5c4)c3)n2)cc1. The minimum absolute atomic E-state index is 0.660. The Morgan fingerprint density at radius 3 is 1.66 bits per heavy atom. The Kier molecular flexibility index (Phi) is 5.64.